The van der Waals surface area contributed by atoms with E-state index in [0.29, 0.717) is 25.1 Å². The predicted molar refractivity (Wildman–Crippen MR) is 107 cm³/mol. The molecule has 1 heterocycles. The molecule has 0 aromatic heterocycles. The first-order chi connectivity index (χ1) is 14.1. The molecule has 30 heavy (non-hydrogen) atoms. The molecule has 3 atom stereocenters. The summed E-state index contributed by atoms with van der Waals surface area (Å²) in [5.74, 6) is -1.65. The standard InChI is InChI=1S/C19H25N5O6/c1-11(17(26)22-14-6-8-15(9-7-14)24(29)30)21-18(27)16-5-4-10-23(16)19(28)12(2)20-13(3)25/h6-9,11-12,16H,4-5,10H2,1-3H3,(H,20,25)(H,21,27)(H,22,26)/t11-,12-,16-/m1/s1. The summed E-state index contributed by atoms with van der Waals surface area (Å²) >= 11 is 0. The van der Waals surface area contributed by atoms with Crippen molar-refractivity contribution in [2.45, 2.75) is 51.7 Å². The maximum Gasteiger partial charge on any atom is 0.269 e. The van der Waals surface area contributed by atoms with Gasteiger partial charge in [-0.15, -0.1) is 0 Å². The van der Waals surface area contributed by atoms with Gasteiger partial charge in [0.2, 0.25) is 23.6 Å². The molecule has 162 valence electrons. The van der Waals surface area contributed by atoms with Crippen molar-refractivity contribution in [3.05, 3.63) is 34.4 Å². The summed E-state index contributed by atoms with van der Waals surface area (Å²) in [6.45, 7) is 4.75. The Bertz CT molecular complexity index is 840. The number of hydrogen-bond acceptors (Lipinski definition) is 6. The fourth-order valence-corrected chi connectivity index (χ4v) is 3.21. The minimum absolute atomic E-state index is 0.103. The summed E-state index contributed by atoms with van der Waals surface area (Å²) in [4.78, 5) is 60.2. The Morgan fingerprint density at radius 2 is 1.73 bits per heavy atom. The lowest BCUT2D eigenvalue weighted by Gasteiger charge is -2.27. The first kappa shape index (κ1) is 22.8. The van der Waals surface area contributed by atoms with Crippen LogP contribution in [-0.2, 0) is 19.2 Å². The zero-order valence-electron chi connectivity index (χ0n) is 17.0. The number of nitrogens with zero attached hydrogens (tertiary/aromatic N) is 2. The van der Waals surface area contributed by atoms with Crippen LogP contribution in [0.4, 0.5) is 11.4 Å². The summed E-state index contributed by atoms with van der Waals surface area (Å²) in [7, 11) is 0. The van der Waals surface area contributed by atoms with Crippen molar-refractivity contribution in [3.63, 3.8) is 0 Å². The SMILES string of the molecule is CC(=O)N[C@H](C)C(=O)N1CCC[C@@H]1C(=O)N[C@H](C)C(=O)Nc1ccc([N+](=O)[O-])cc1. The van der Waals surface area contributed by atoms with E-state index in [1.807, 2.05) is 0 Å². The molecule has 1 aromatic rings. The van der Waals surface area contributed by atoms with Gasteiger partial charge in [0.15, 0.2) is 0 Å². The number of hydrogen-bond donors (Lipinski definition) is 3. The summed E-state index contributed by atoms with van der Waals surface area (Å²) in [5.41, 5.74) is 0.252. The molecule has 3 N–H and O–H groups in total. The molecule has 1 aliphatic heterocycles. The number of nitro groups is 1. The zero-order valence-corrected chi connectivity index (χ0v) is 17.0. The van der Waals surface area contributed by atoms with E-state index in [-0.39, 0.29) is 17.5 Å². The number of non-ortho nitro benzene ring substituents is 1. The number of amides is 4. The van der Waals surface area contributed by atoms with Crippen LogP contribution in [0.15, 0.2) is 24.3 Å². The minimum Gasteiger partial charge on any atom is -0.345 e. The highest BCUT2D eigenvalue weighted by atomic mass is 16.6. The van der Waals surface area contributed by atoms with E-state index in [9.17, 15) is 29.3 Å². The highest BCUT2D eigenvalue weighted by molar-refractivity contribution is 5.98. The first-order valence-electron chi connectivity index (χ1n) is 9.53. The van der Waals surface area contributed by atoms with Gasteiger partial charge in [-0.25, -0.2) is 0 Å². The Morgan fingerprint density at radius 1 is 1.10 bits per heavy atom. The summed E-state index contributed by atoms with van der Waals surface area (Å²) in [5, 5.41) is 18.4. The third-order valence-electron chi connectivity index (χ3n) is 4.73. The molecule has 1 saturated heterocycles. The second-order valence-electron chi connectivity index (χ2n) is 7.14. The fourth-order valence-electron chi connectivity index (χ4n) is 3.21. The average molecular weight is 419 g/mol. The summed E-state index contributed by atoms with van der Waals surface area (Å²) in [6.07, 6.45) is 1.10. The average Bonchev–Trinajstić information content (AvgIpc) is 3.17. The number of likely N-dealkylation sites (tertiary alicyclic amines) is 1. The monoisotopic (exact) mass is 419 g/mol. The van der Waals surface area contributed by atoms with Gasteiger partial charge in [0.1, 0.15) is 18.1 Å². The largest absolute Gasteiger partial charge is 0.345 e. The number of rotatable bonds is 7. The molecule has 0 radical (unpaired) electrons. The zero-order chi connectivity index (χ0) is 22.4. The highest BCUT2D eigenvalue weighted by Gasteiger charge is 2.37. The molecular formula is C19H25N5O6. The van der Waals surface area contributed by atoms with Gasteiger partial charge in [0, 0.05) is 31.3 Å². The minimum atomic E-state index is -0.891. The van der Waals surface area contributed by atoms with Gasteiger partial charge in [-0.2, -0.15) is 0 Å². The van der Waals surface area contributed by atoms with Crippen LogP contribution in [0.3, 0.4) is 0 Å². The lowest BCUT2D eigenvalue weighted by molar-refractivity contribution is -0.384. The van der Waals surface area contributed by atoms with Gasteiger partial charge in [0.25, 0.3) is 5.69 Å². The van der Waals surface area contributed by atoms with E-state index in [0.717, 1.165) is 0 Å². The Morgan fingerprint density at radius 3 is 2.30 bits per heavy atom. The quantitative estimate of drug-likeness (QED) is 0.434. The van der Waals surface area contributed by atoms with Crippen molar-refractivity contribution in [2.75, 3.05) is 11.9 Å². The number of benzene rings is 1. The van der Waals surface area contributed by atoms with Crippen LogP contribution in [0, 0.1) is 10.1 Å². The number of carbonyl (C=O) groups is 4. The van der Waals surface area contributed by atoms with Crippen molar-refractivity contribution in [2.24, 2.45) is 0 Å². The highest BCUT2D eigenvalue weighted by Crippen LogP contribution is 2.19. The normalized spacial score (nSPS) is 17.6. The number of anilines is 1. The summed E-state index contributed by atoms with van der Waals surface area (Å²) < 4.78 is 0. The third-order valence-corrected chi connectivity index (χ3v) is 4.73. The molecule has 0 bridgehead atoms. The first-order valence-corrected chi connectivity index (χ1v) is 9.53. The molecule has 1 aliphatic rings. The van der Waals surface area contributed by atoms with Crippen molar-refractivity contribution in [1.82, 2.24) is 15.5 Å². The summed E-state index contributed by atoms with van der Waals surface area (Å²) in [6, 6.07) is 2.95. The Labute approximate surface area is 173 Å². The molecule has 0 saturated carbocycles. The molecule has 0 aliphatic carbocycles. The van der Waals surface area contributed by atoms with Crippen LogP contribution < -0.4 is 16.0 Å². The molecule has 11 nitrogen and oxygen atoms in total. The molecule has 0 unspecified atom stereocenters. The van der Waals surface area contributed by atoms with E-state index < -0.39 is 34.9 Å². The van der Waals surface area contributed by atoms with Crippen molar-refractivity contribution in [1.29, 1.82) is 0 Å². The predicted octanol–water partition coefficient (Wildman–Crippen LogP) is 0.554. The van der Waals surface area contributed by atoms with Gasteiger partial charge >= 0.3 is 0 Å². The van der Waals surface area contributed by atoms with Crippen LogP contribution in [0.1, 0.15) is 33.6 Å². The number of nitrogens with one attached hydrogen (secondary N) is 3. The van der Waals surface area contributed by atoms with E-state index >= 15 is 0 Å². The molecular weight excluding hydrogens is 394 g/mol. The third kappa shape index (κ3) is 5.75. The maximum absolute atomic E-state index is 12.6. The smallest absolute Gasteiger partial charge is 0.269 e. The van der Waals surface area contributed by atoms with Crippen LogP contribution in [-0.4, -0.2) is 58.1 Å². The van der Waals surface area contributed by atoms with E-state index in [1.165, 1.54) is 43.0 Å². The van der Waals surface area contributed by atoms with Gasteiger partial charge in [0.05, 0.1) is 4.92 Å². The maximum atomic E-state index is 12.6. The van der Waals surface area contributed by atoms with Crippen LogP contribution >= 0.6 is 0 Å². The van der Waals surface area contributed by atoms with Crippen LogP contribution in [0.25, 0.3) is 0 Å². The second kappa shape index (κ2) is 9.81. The van der Waals surface area contributed by atoms with Gasteiger partial charge < -0.3 is 20.9 Å². The van der Waals surface area contributed by atoms with E-state index in [2.05, 4.69) is 16.0 Å². The molecule has 4 amide bonds. The van der Waals surface area contributed by atoms with Crippen molar-refractivity contribution < 1.29 is 24.1 Å². The molecule has 11 heteroatoms. The Kier molecular flexibility index (Phi) is 7.45. The van der Waals surface area contributed by atoms with Gasteiger partial charge in [-0.3, -0.25) is 29.3 Å². The Balaban J connectivity index is 1.94. The van der Waals surface area contributed by atoms with Gasteiger partial charge in [-0.05, 0) is 38.8 Å². The van der Waals surface area contributed by atoms with Crippen LogP contribution in [0.2, 0.25) is 0 Å². The second-order valence-corrected chi connectivity index (χ2v) is 7.14. The van der Waals surface area contributed by atoms with E-state index in [1.54, 1.807) is 6.92 Å². The van der Waals surface area contributed by atoms with E-state index in [4.69, 9.17) is 0 Å². The van der Waals surface area contributed by atoms with Crippen molar-refractivity contribution >= 4 is 35.0 Å². The molecule has 1 fully saturated rings. The topological polar surface area (TPSA) is 151 Å². The Hall–Kier alpha value is -3.50. The molecule has 2 rings (SSSR count). The fraction of sp³-hybridized carbons (Fsp3) is 0.474. The molecule has 1 aromatic carbocycles. The lowest BCUT2D eigenvalue weighted by Crippen LogP contribution is -2.54. The van der Waals surface area contributed by atoms with Crippen molar-refractivity contribution in [3.8, 4) is 0 Å². The van der Waals surface area contributed by atoms with Gasteiger partial charge in [-0.1, -0.05) is 0 Å². The molecule has 0 spiro atoms. The number of nitro benzene ring substituents is 1. The van der Waals surface area contributed by atoms with Crippen LogP contribution in [0.5, 0.6) is 0 Å². The number of carbonyl (C=O) groups excluding carboxylic acids is 4. The lowest BCUT2D eigenvalue weighted by atomic mass is 10.1.